The maximum atomic E-state index is 6.00. The molecule has 4 aliphatic rings. The van der Waals surface area contributed by atoms with Crippen molar-refractivity contribution in [1.82, 2.24) is 0 Å². The van der Waals surface area contributed by atoms with Crippen LogP contribution >= 0.6 is 0 Å². The Morgan fingerprint density at radius 3 is 2.00 bits per heavy atom. The highest BCUT2D eigenvalue weighted by Gasteiger charge is 2.47. The van der Waals surface area contributed by atoms with Gasteiger partial charge in [0.05, 0.1) is 0 Å². The molecule has 0 spiro atoms. The highest BCUT2D eigenvalue weighted by atomic mass is 14.6. The van der Waals surface area contributed by atoms with Crippen molar-refractivity contribution in [2.24, 2.45) is 28.9 Å². The second-order valence-corrected chi connectivity index (χ2v) is 5.96. The lowest BCUT2D eigenvalue weighted by Crippen LogP contribution is -2.42. The Bertz CT molecular complexity index is 195. The monoisotopic (exact) mass is 179 g/mol. The minimum absolute atomic E-state index is 0.604. The van der Waals surface area contributed by atoms with Gasteiger partial charge in [0.15, 0.2) is 0 Å². The van der Waals surface area contributed by atoms with Crippen LogP contribution in [0.5, 0.6) is 0 Å². The van der Waals surface area contributed by atoms with Crippen molar-refractivity contribution in [1.29, 1.82) is 0 Å². The smallest absolute Gasteiger partial charge is 0.00202 e. The summed E-state index contributed by atoms with van der Waals surface area (Å²) in [5, 5.41) is 0. The van der Waals surface area contributed by atoms with Crippen LogP contribution in [0.3, 0.4) is 0 Å². The summed E-state index contributed by atoms with van der Waals surface area (Å²) in [6.45, 7) is 0.969. The molecule has 4 bridgehead atoms. The summed E-state index contributed by atoms with van der Waals surface area (Å²) in [5.74, 6) is 3.16. The molecule has 4 aliphatic carbocycles. The van der Waals surface area contributed by atoms with E-state index in [1.165, 1.54) is 44.9 Å². The first-order valence-corrected chi connectivity index (χ1v) is 6.00. The molecule has 4 saturated carbocycles. The number of nitrogens with two attached hydrogens (primary N) is 1. The molecule has 0 heterocycles. The minimum Gasteiger partial charge on any atom is -0.330 e. The second kappa shape index (κ2) is 2.73. The summed E-state index contributed by atoms with van der Waals surface area (Å²) in [7, 11) is 0. The van der Waals surface area contributed by atoms with Crippen LogP contribution in [0.2, 0.25) is 0 Å². The van der Waals surface area contributed by atoms with Gasteiger partial charge in [-0.2, -0.15) is 0 Å². The molecule has 0 aromatic rings. The lowest BCUT2D eigenvalue weighted by molar-refractivity contribution is 0.0422. The molecule has 4 rings (SSSR count). The predicted molar refractivity (Wildman–Crippen MR) is 54.3 cm³/mol. The van der Waals surface area contributed by atoms with Gasteiger partial charge < -0.3 is 5.73 Å². The Morgan fingerprint density at radius 1 is 0.923 bits per heavy atom. The summed E-state index contributed by atoms with van der Waals surface area (Å²) in [6.07, 6.45) is 10.5. The minimum atomic E-state index is 0.604. The summed E-state index contributed by atoms with van der Waals surface area (Å²) in [4.78, 5) is 0. The quantitative estimate of drug-likeness (QED) is 0.657. The van der Waals surface area contributed by atoms with E-state index in [1.54, 1.807) is 0 Å². The molecule has 4 fully saturated rings. The Labute approximate surface area is 81.1 Å². The molecule has 1 nitrogen and oxygen atoms in total. The van der Waals surface area contributed by atoms with Crippen molar-refractivity contribution in [2.75, 3.05) is 6.54 Å². The summed E-state index contributed by atoms with van der Waals surface area (Å²) < 4.78 is 0. The number of hydrogen-bond acceptors (Lipinski definition) is 1. The molecule has 2 atom stereocenters. The highest BCUT2D eigenvalue weighted by Crippen LogP contribution is 2.57. The maximum absolute atomic E-state index is 6.00. The highest BCUT2D eigenvalue weighted by molar-refractivity contribution is 4.99. The average Bonchev–Trinajstić information content (AvgIpc) is 2.33. The van der Waals surface area contributed by atoms with E-state index in [0.717, 1.165) is 24.3 Å². The Kier molecular flexibility index (Phi) is 1.74. The van der Waals surface area contributed by atoms with Crippen molar-refractivity contribution >= 4 is 0 Å². The Hall–Kier alpha value is -0.0400. The average molecular weight is 179 g/mol. The van der Waals surface area contributed by atoms with E-state index in [0.29, 0.717) is 5.41 Å². The van der Waals surface area contributed by atoms with E-state index in [4.69, 9.17) is 5.73 Å². The van der Waals surface area contributed by atoms with Crippen LogP contribution in [0.1, 0.15) is 44.9 Å². The van der Waals surface area contributed by atoms with Crippen molar-refractivity contribution in [3.8, 4) is 0 Å². The number of fused-ring (bicyclic) bond motifs is 1. The third-order valence-corrected chi connectivity index (χ3v) is 4.91. The van der Waals surface area contributed by atoms with Crippen molar-refractivity contribution in [3.05, 3.63) is 0 Å². The number of hydrogen-bond donors (Lipinski definition) is 1. The van der Waals surface area contributed by atoms with E-state index >= 15 is 0 Å². The van der Waals surface area contributed by atoms with Gasteiger partial charge in [0, 0.05) is 0 Å². The van der Waals surface area contributed by atoms with Gasteiger partial charge in [-0.1, -0.05) is 12.8 Å². The van der Waals surface area contributed by atoms with Gasteiger partial charge in [0.1, 0.15) is 0 Å². The first-order valence-electron chi connectivity index (χ1n) is 6.00. The van der Waals surface area contributed by atoms with Crippen molar-refractivity contribution in [2.45, 2.75) is 44.9 Å². The third-order valence-electron chi connectivity index (χ3n) is 4.91. The molecular weight excluding hydrogens is 158 g/mol. The summed E-state index contributed by atoms with van der Waals surface area (Å²) in [6, 6.07) is 0. The van der Waals surface area contributed by atoms with Crippen molar-refractivity contribution < 1.29 is 0 Å². The normalized spacial score (nSPS) is 53.8. The molecule has 0 amide bonds. The van der Waals surface area contributed by atoms with Crippen LogP contribution < -0.4 is 5.73 Å². The van der Waals surface area contributed by atoms with Crippen molar-refractivity contribution in [3.63, 3.8) is 0 Å². The molecule has 0 radical (unpaired) electrons. The maximum Gasteiger partial charge on any atom is -0.00202 e. The fourth-order valence-corrected chi connectivity index (χ4v) is 4.62. The molecule has 0 unspecified atom stereocenters. The Balaban J connectivity index is 1.92. The lowest BCUT2D eigenvalue weighted by Gasteiger charge is -2.47. The second-order valence-electron chi connectivity index (χ2n) is 5.96. The van der Waals surface area contributed by atoms with Gasteiger partial charge in [-0.15, -0.1) is 0 Å². The zero-order chi connectivity index (χ0) is 8.89. The van der Waals surface area contributed by atoms with Gasteiger partial charge in [-0.25, -0.2) is 0 Å². The molecule has 13 heavy (non-hydrogen) atoms. The molecule has 2 N–H and O–H groups in total. The zero-order valence-electron chi connectivity index (χ0n) is 8.47. The fourth-order valence-electron chi connectivity index (χ4n) is 4.62. The van der Waals surface area contributed by atoms with Crippen LogP contribution in [-0.4, -0.2) is 6.54 Å². The van der Waals surface area contributed by atoms with E-state index < -0.39 is 0 Å². The molecular formula is C12H21N. The third kappa shape index (κ3) is 1.24. The van der Waals surface area contributed by atoms with E-state index in [-0.39, 0.29) is 0 Å². The largest absolute Gasteiger partial charge is 0.330 e. The molecule has 1 heteroatoms. The molecule has 0 saturated heterocycles. The lowest BCUT2D eigenvalue weighted by atomic mass is 9.58. The number of rotatable bonds is 1. The standard InChI is InChI=1S/C12H21N/c13-8-12-5-9-1-2-10(6-12)4-11(3-9)7-12/h9-11H,1-8,13H2/t9-,10-,11?,12?/m1/s1. The molecule has 0 aromatic heterocycles. The molecule has 74 valence electrons. The van der Waals surface area contributed by atoms with E-state index in [1.807, 2.05) is 0 Å². The van der Waals surface area contributed by atoms with Crippen LogP contribution in [0.15, 0.2) is 0 Å². The molecule has 0 aliphatic heterocycles. The predicted octanol–water partition coefficient (Wildman–Crippen LogP) is 2.55. The van der Waals surface area contributed by atoms with Gasteiger partial charge in [-0.05, 0) is 61.8 Å². The SMILES string of the molecule is NCC12CC3C[C@@H](CC[C@H](C3)C1)C2. The van der Waals surface area contributed by atoms with Crippen LogP contribution in [-0.2, 0) is 0 Å². The van der Waals surface area contributed by atoms with Gasteiger partial charge >= 0.3 is 0 Å². The first kappa shape index (κ1) is 8.28. The van der Waals surface area contributed by atoms with Crippen LogP contribution in [0, 0.1) is 23.2 Å². The zero-order valence-corrected chi connectivity index (χ0v) is 8.47. The fraction of sp³-hybridized carbons (Fsp3) is 1.00. The van der Waals surface area contributed by atoms with Gasteiger partial charge in [0.2, 0.25) is 0 Å². The summed E-state index contributed by atoms with van der Waals surface area (Å²) >= 11 is 0. The van der Waals surface area contributed by atoms with Gasteiger partial charge in [-0.3, -0.25) is 0 Å². The van der Waals surface area contributed by atoms with Crippen LogP contribution in [0.25, 0.3) is 0 Å². The van der Waals surface area contributed by atoms with E-state index in [9.17, 15) is 0 Å². The van der Waals surface area contributed by atoms with Gasteiger partial charge in [0.25, 0.3) is 0 Å². The first-order chi connectivity index (χ1) is 6.30. The van der Waals surface area contributed by atoms with Crippen LogP contribution in [0.4, 0.5) is 0 Å². The Morgan fingerprint density at radius 2 is 1.46 bits per heavy atom. The molecule has 0 aromatic carbocycles. The topological polar surface area (TPSA) is 26.0 Å². The van der Waals surface area contributed by atoms with E-state index in [2.05, 4.69) is 0 Å². The summed E-state index contributed by atoms with van der Waals surface area (Å²) in [5.41, 5.74) is 6.60.